The zero-order valence-electron chi connectivity index (χ0n) is 8.10. The lowest BCUT2D eigenvalue weighted by Gasteiger charge is -2.08. The Labute approximate surface area is 81.6 Å². The normalized spacial score (nSPS) is 10.4. The van der Waals surface area contributed by atoms with Crippen LogP contribution in [0.1, 0.15) is 11.3 Å². The third-order valence-electron chi connectivity index (χ3n) is 1.99. The van der Waals surface area contributed by atoms with Crippen LogP contribution in [0.5, 0.6) is 0 Å². The number of aromatic nitrogens is 4. The molecular formula is C9H11N5. The highest BCUT2D eigenvalue weighted by atomic mass is 15.4. The molecule has 0 aliphatic carbocycles. The summed E-state index contributed by atoms with van der Waals surface area (Å²) in [5.74, 6) is 0.480. The Morgan fingerprint density at radius 2 is 2.14 bits per heavy atom. The van der Waals surface area contributed by atoms with Gasteiger partial charge in [-0.2, -0.15) is 0 Å². The van der Waals surface area contributed by atoms with Crippen molar-refractivity contribution in [1.82, 2.24) is 20.0 Å². The minimum absolute atomic E-state index is 0.480. The third-order valence-corrected chi connectivity index (χ3v) is 1.99. The Bertz CT molecular complexity index is 423. The summed E-state index contributed by atoms with van der Waals surface area (Å²) < 4.78 is 1.62. The van der Waals surface area contributed by atoms with Crippen LogP contribution < -0.4 is 5.73 Å². The monoisotopic (exact) mass is 189 g/mol. The van der Waals surface area contributed by atoms with E-state index in [2.05, 4.69) is 15.3 Å². The molecule has 0 fully saturated rings. The summed E-state index contributed by atoms with van der Waals surface area (Å²) in [5.41, 5.74) is 8.56. The van der Waals surface area contributed by atoms with E-state index in [4.69, 9.17) is 5.73 Å². The second kappa shape index (κ2) is 3.10. The Morgan fingerprint density at radius 1 is 1.36 bits per heavy atom. The highest BCUT2D eigenvalue weighted by molar-refractivity contribution is 5.56. The number of rotatable bonds is 1. The molecule has 0 aromatic carbocycles. The van der Waals surface area contributed by atoms with E-state index < -0.39 is 0 Å². The van der Waals surface area contributed by atoms with E-state index in [0.717, 1.165) is 16.9 Å². The van der Waals surface area contributed by atoms with Crippen LogP contribution in [-0.2, 0) is 0 Å². The second-order valence-electron chi connectivity index (χ2n) is 3.16. The van der Waals surface area contributed by atoms with Crippen molar-refractivity contribution in [2.24, 2.45) is 0 Å². The molecule has 0 amide bonds. The van der Waals surface area contributed by atoms with E-state index in [1.807, 2.05) is 19.9 Å². The smallest absolute Gasteiger partial charge is 0.150 e. The number of aryl methyl sites for hydroxylation is 2. The number of nitrogen functional groups attached to an aromatic ring is 1. The molecule has 72 valence electrons. The average Bonchev–Trinajstić information content (AvgIpc) is 2.54. The van der Waals surface area contributed by atoms with E-state index >= 15 is 0 Å². The molecule has 0 unspecified atom stereocenters. The maximum Gasteiger partial charge on any atom is 0.150 e. The van der Waals surface area contributed by atoms with Gasteiger partial charge in [0, 0.05) is 5.69 Å². The first kappa shape index (κ1) is 8.68. The van der Waals surface area contributed by atoms with Crippen LogP contribution in [0.3, 0.4) is 0 Å². The minimum Gasteiger partial charge on any atom is -0.382 e. The molecule has 0 aliphatic heterocycles. The van der Waals surface area contributed by atoms with Gasteiger partial charge in [0.25, 0.3) is 0 Å². The standard InChI is InChI=1S/C9H11N5/c1-6-5-7(2)12-9(10)8(6)14-4-3-11-13-14/h3-5H,1-2H3,(H2,10,12). The topological polar surface area (TPSA) is 69.6 Å². The van der Waals surface area contributed by atoms with Gasteiger partial charge in [-0.3, -0.25) is 0 Å². The van der Waals surface area contributed by atoms with Crippen molar-refractivity contribution in [2.45, 2.75) is 13.8 Å². The lowest BCUT2D eigenvalue weighted by Crippen LogP contribution is -2.06. The molecule has 2 aromatic heterocycles. The summed E-state index contributed by atoms with van der Waals surface area (Å²) in [4.78, 5) is 4.18. The van der Waals surface area contributed by atoms with Gasteiger partial charge in [0.05, 0.1) is 12.4 Å². The number of nitrogens with zero attached hydrogens (tertiary/aromatic N) is 4. The fourth-order valence-corrected chi connectivity index (χ4v) is 1.48. The van der Waals surface area contributed by atoms with Crippen LogP contribution in [0.2, 0.25) is 0 Å². The maximum atomic E-state index is 5.81. The highest BCUT2D eigenvalue weighted by Crippen LogP contribution is 2.18. The molecule has 2 rings (SSSR count). The summed E-state index contributed by atoms with van der Waals surface area (Å²) in [6.45, 7) is 3.89. The molecule has 0 radical (unpaired) electrons. The van der Waals surface area contributed by atoms with E-state index in [-0.39, 0.29) is 0 Å². The van der Waals surface area contributed by atoms with Crippen LogP contribution >= 0.6 is 0 Å². The molecule has 0 saturated carbocycles. The van der Waals surface area contributed by atoms with E-state index in [0.29, 0.717) is 5.82 Å². The molecular weight excluding hydrogens is 178 g/mol. The van der Waals surface area contributed by atoms with Crippen molar-refractivity contribution in [3.05, 3.63) is 29.7 Å². The van der Waals surface area contributed by atoms with Gasteiger partial charge in [-0.05, 0) is 25.5 Å². The van der Waals surface area contributed by atoms with Crippen LogP contribution in [0.4, 0.5) is 5.82 Å². The molecule has 5 heteroatoms. The van der Waals surface area contributed by atoms with Crippen LogP contribution in [0.25, 0.3) is 5.69 Å². The van der Waals surface area contributed by atoms with Crippen LogP contribution in [-0.4, -0.2) is 20.0 Å². The Balaban J connectivity index is 2.64. The summed E-state index contributed by atoms with van der Waals surface area (Å²) in [5, 5.41) is 7.62. The Morgan fingerprint density at radius 3 is 2.71 bits per heavy atom. The minimum atomic E-state index is 0.480. The average molecular weight is 189 g/mol. The van der Waals surface area contributed by atoms with Gasteiger partial charge >= 0.3 is 0 Å². The van der Waals surface area contributed by atoms with Gasteiger partial charge in [-0.25, -0.2) is 9.67 Å². The fraction of sp³-hybridized carbons (Fsp3) is 0.222. The number of hydrogen-bond donors (Lipinski definition) is 1. The predicted octanol–water partition coefficient (Wildman–Crippen LogP) is 0.861. The Kier molecular flexibility index (Phi) is 1.92. The van der Waals surface area contributed by atoms with Crippen molar-refractivity contribution in [2.75, 3.05) is 5.73 Å². The molecule has 2 heterocycles. The summed E-state index contributed by atoms with van der Waals surface area (Å²) >= 11 is 0. The van der Waals surface area contributed by atoms with E-state index in [1.54, 1.807) is 17.1 Å². The molecule has 0 atom stereocenters. The SMILES string of the molecule is Cc1cc(C)c(-n2ccnn2)c(N)n1. The highest BCUT2D eigenvalue weighted by Gasteiger charge is 2.08. The van der Waals surface area contributed by atoms with Gasteiger partial charge in [-0.15, -0.1) is 5.10 Å². The van der Waals surface area contributed by atoms with E-state index in [9.17, 15) is 0 Å². The number of nitrogens with two attached hydrogens (primary N) is 1. The predicted molar refractivity (Wildman–Crippen MR) is 53.0 cm³/mol. The number of anilines is 1. The zero-order valence-corrected chi connectivity index (χ0v) is 8.10. The lowest BCUT2D eigenvalue weighted by molar-refractivity contribution is 0.796. The number of hydrogen-bond acceptors (Lipinski definition) is 4. The van der Waals surface area contributed by atoms with Crippen molar-refractivity contribution >= 4 is 5.82 Å². The molecule has 14 heavy (non-hydrogen) atoms. The first-order valence-corrected chi connectivity index (χ1v) is 4.29. The van der Waals surface area contributed by atoms with Crippen LogP contribution in [0, 0.1) is 13.8 Å². The fourth-order valence-electron chi connectivity index (χ4n) is 1.48. The molecule has 0 bridgehead atoms. The van der Waals surface area contributed by atoms with E-state index in [1.165, 1.54) is 0 Å². The first-order valence-electron chi connectivity index (χ1n) is 4.29. The van der Waals surface area contributed by atoms with Crippen molar-refractivity contribution < 1.29 is 0 Å². The third kappa shape index (κ3) is 1.32. The summed E-state index contributed by atoms with van der Waals surface area (Å²) in [6, 6.07) is 1.97. The quantitative estimate of drug-likeness (QED) is 0.722. The van der Waals surface area contributed by atoms with Gasteiger partial charge < -0.3 is 5.73 Å². The lowest BCUT2D eigenvalue weighted by atomic mass is 10.2. The molecule has 2 N–H and O–H groups in total. The molecule has 0 spiro atoms. The largest absolute Gasteiger partial charge is 0.382 e. The molecule has 0 aliphatic rings. The molecule has 0 saturated heterocycles. The van der Waals surface area contributed by atoms with Gasteiger partial charge in [0.1, 0.15) is 11.5 Å². The van der Waals surface area contributed by atoms with Gasteiger partial charge in [0.2, 0.25) is 0 Å². The first-order chi connectivity index (χ1) is 6.68. The molecule has 2 aromatic rings. The van der Waals surface area contributed by atoms with Crippen molar-refractivity contribution in [3.8, 4) is 5.69 Å². The zero-order chi connectivity index (χ0) is 10.1. The molecule has 5 nitrogen and oxygen atoms in total. The second-order valence-corrected chi connectivity index (χ2v) is 3.16. The van der Waals surface area contributed by atoms with Crippen molar-refractivity contribution in [3.63, 3.8) is 0 Å². The summed E-state index contributed by atoms with van der Waals surface area (Å²) in [7, 11) is 0. The van der Waals surface area contributed by atoms with Gasteiger partial charge in [-0.1, -0.05) is 5.21 Å². The summed E-state index contributed by atoms with van der Waals surface area (Å²) in [6.07, 6.45) is 3.36. The number of pyridine rings is 1. The van der Waals surface area contributed by atoms with Gasteiger partial charge in [0.15, 0.2) is 0 Å². The Hall–Kier alpha value is -1.91. The van der Waals surface area contributed by atoms with Crippen molar-refractivity contribution in [1.29, 1.82) is 0 Å². The van der Waals surface area contributed by atoms with Crippen LogP contribution in [0.15, 0.2) is 18.5 Å². The maximum absolute atomic E-state index is 5.81.